The molecule has 4 bridgehead atoms. The molecule has 4 aliphatic carbocycles. The number of hydrogen-bond acceptors (Lipinski definition) is 5. The fraction of sp³-hybridized carbons (Fsp3) is 0.759. The van der Waals surface area contributed by atoms with Crippen molar-refractivity contribution in [3.8, 4) is 0 Å². The first-order valence-electron chi connectivity index (χ1n) is 13.8. The molecule has 5 heteroatoms. The predicted octanol–water partition coefficient (Wildman–Crippen LogP) is 9.08. The van der Waals surface area contributed by atoms with E-state index in [-0.39, 0.29) is 17.1 Å². The first-order chi connectivity index (χ1) is 16.6. The molecule has 0 saturated heterocycles. The summed E-state index contributed by atoms with van der Waals surface area (Å²) >= 11 is 1.14. The Morgan fingerprint density at radius 2 is 1.59 bits per heavy atom. The van der Waals surface area contributed by atoms with E-state index in [0.717, 1.165) is 55.9 Å². The average molecular weight is 488 g/mol. The second kappa shape index (κ2) is 14.3. The van der Waals surface area contributed by atoms with Crippen molar-refractivity contribution in [3.05, 3.63) is 41.0 Å². The number of allylic oxidation sites excluding steroid dienone is 5. The van der Waals surface area contributed by atoms with Crippen LogP contribution in [0.3, 0.4) is 0 Å². The smallest absolute Gasteiger partial charge is 0.312 e. The van der Waals surface area contributed by atoms with E-state index in [4.69, 9.17) is 4.74 Å². The van der Waals surface area contributed by atoms with Gasteiger partial charge in [-0.2, -0.15) is 0 Å². The Hall–Kier alpha value is -1.36. The van der Waals surface area contributed by atoms with Crippen LogP contribution in [0.25, 0.3) is 0 Å². The summed E-state index contributed by atoms with van der Waals surface area (Å²) in [6.45, 7) is 4.21. The number of hydrogen-bond donors (Lipinski definition) is 0. The van der Waals surface area contributed by atoms with Crippen LogP contribution in [0.15, 0.2) is 40.7 Å². The number of nitroso groups, excluding NO2 is 1. The van der Waals surface area contributed by atoms with E-state index < -0.39 is 0 Å². The Labute approximate surface area is 211 Å². The zero-order valence-electron chi connectivity index (χ0n) is 21.4. The molecule has 0 aromatic carbocycles. The van der Waals surface area contributed by atoms with Crippen LogP contribution < -0.4 is 0 Å². The zero-order chi connectivity index (χ0) is 24.2. The van der Waals surface area contributed by atoms with E-state index in [9.17, 15) is 9.70 Å². The molecule has 4 rings (SSSR count). The molecule has 0 aromatic rings. The molecule has 4 aliphatic rings. The van der Waals surface area contributed by atoms with Crippen molar-refractivity contribution in [2.45, 2.75) is 115 Å². The van der Waals surface area contributed by atoms with Crippen LogP contribution in [-0.4, -0.2) is 10.7 Å². The van der Waals surface area contributed by atoms with Crippen molar-refractivity contribution < 1.29 is 9.53 Å². The summed E-state index contributed by atoms with van der Waals surface area (Å²) in [7, 11) is 0. The molecule has 34 heavy (non-hydrogen) atoms. The second-order valence-electron chi connectivity index (χ2n) is 10.8. The first kappa shape index (κ1) is 27.2. The van der Waals surface area contributed by atoms with Gasteiger partial charge in [-0.3, -0.25) is 4.79 Å². The SMILES string of the molecule is C/C=C/C=C(/C=C/CCCCCCCCCC)OC(=O)CC1(SN=O)C2CC3CC(C2)CC1C3. The van der Waals surface area contributed by atoms with Gasteiger partial charge in [-0.05, 0) is 87.7 Å². The highest BCUT2D eigenvalue weighted by Crippen LogP contribution is 2.64. The predicted molar refractivity (Wildman–Crippen MR) is 143 cm³/mol. The summed E-state index contributed by atoms with van der Waals surface area (Å²) in [4.78, 5) is 24.5. The van der Waals surface area contributed by atoms with Gasteiger partial charge in [-0.15, -0.1) is 4.91 Å². The van der Waals surface area contributed by atoms with Gasteiger partial charge in [0.2, 0.25) is 0 Å². The fourth-order valence-corrected chi connectivity index (χ4v) is 7.83. The van der Waals surface area contributed by atoms with Gasteiger partial charge < -0.3 is 4.74 Å². The van der Waals surface area contributed by atoms with Crippen LogP contribution in [0.2, 0.25) is 0 Å². The van der Waals surface area contributed by atoms with Gasteiger partial charge >= 0.3 is 5.97 Å². The molecule has 0 spiro atoms. The Balaban J connectivity index is 1.49. The fourth-order valence-electron chi connectivity index (χ4n) is 6.82. The highest BCUT2D eigenvalue weighted by atomic mass is 32.2. The summed E-state index contributed by atoms with van der Waals surface area (Å²) in [6, 6.07) is 0. The number of unbranched alkanes of at least 4 members (excludes halogenated alkanes) is 8. The Morgan fingerprint density at radius 1 is 0.971 bits per heavy atom. The molecule has 190 valence electrons. The van der Waals surface area contributed by atoms with Gasteiger partial charge in [-0.1, -0.05) is 70.1 Å². The van der Waals surface area contributed by atoms with Crippen LogP contribution in [0.4, 0.5) is 0 Å². The van der Waals surface area contributed by atoms with Gasteiger partial charge in [0, 0.05) is 16.5 Å². The summed E-state index contributed by atoms with van der Waals surface area (Å²) in [5.41, 5.74) is 0. The normalized spacial score (nSPS) is 30.5. The number of rotatable bonds is 16. The Morgan fingerprint density at radius 3 is 2.18 bits per heavy atom. The minimum absolute atomic E-state index is 0.226. The molecule has 0 aromatic heterocycles. The third-order valence-electron chi connectivity index (χ3n) is 8.34. The van der Waals surface area contributed by atoms with Gasteiger partial charge in [0.05, 0.1) is 11.2 Å². The third-order valence-corrected chi connectivity index (χ3v) is 9.56. The molecule has 4 nitrogen and oxygen atoms in total. The van der Waals surface area contributed by atoms with Crippen LogP contribution in [0.1, 0.15) is 110 Å². The van der Waals surface area contributed by atoms with E-state index in [0.29, 0.717) is 17.6 Å². The number of carbonyl (C=O) groups excluding carboxylic acids is 1. The maximum atomic E-state index is 13.1. The highest BCUT2D eigenvalue weighted by molar-refractivity contribution is 7.99. The van der Waals surface area contributed by atoms with Gasteiger partial charge in [-0.25, -0.2) is 0 Å². The maximum absolute atomic E-state index is 13.1. The van der Waals surface area contributed by atoms with Gasteiger partial charge in [0.1, 0.15) is 5.76 Å². The second-order valence-corrected chi connectivity index (χ2v) is 11.9. The third kappa shape index (κ3) is 7.57. The summed E-state index contributed by atoms with van der Waals surface area (Å²) in [6.07, 6.45) is 27.4. The van der Waals surface area contributed by atoms with Crippen LogP contribution in [-0.2, 0) is 9.53 Å². The van der Waals surface area contributed by atoms with Crippen molar-refractivity contribution in [2.24, 2.45) is 28.3 Å². The van der Waals surface area contributed by atoms with E-state index in [1.165, 1.54) is 57.8 Å². The standard InChI is InChI=1S/C29H45NO3S/c1-3-5-7-8-9-10-11-12-13-14-16-27(15-6-4-2)33-28(31)22-29(34-30-32)25-18-23-17-24(20-25)21-26(29)19-23/h4,6,14-16,23-26H,3,5,7-13,17-22H2,1-2H3/b6-4+,16-14+,27-15-. The lowest BCUT2D eigenvalue weighted by Crippen LogP contribution is -2.56. The minimum Gasteiger partial charge on any atom is -0.427 e. The quantitative estimate of drug-likeness (QED) is 0.0544. The first-order valence-corrected chi connectivity index (χ1v) is 14.6. The van der Waals surface area contributed by atoms with Crippen molar-refractivity contribution in [1.29, 1.82) is 0 Å². The van der Waals surface area contributed by atoms with Gasteiger partial charge in [0.25, 0.3) is 0 Å². The molecule has 0 heterocycles. The Kier molecular flexibility index (Phi) is 11.4. The molecule has 0 amide bonds. The van der Waals surface area contributed by atoms with Crippen LogP contribution in [0.5, 0.6) is 0 Å². The van der Waals surface area contributed by atoms with Gasteiger partial charge in [0.15, 0.2) is 0 Å². The van der Waals surface area contributed by atoms with Crippen LogP contribution >= 0.6 is 11.9 Å². The zero-order valence-corrected chi connectivity index (χ0v) is 22.2. The van der Waals surface area contributed by atoms with Crippen molar-refractivity contribution in [1.82, 2.24) is 0 Å². The molecular formula is C29H45NO3S. The molecular weight excluding hydrogens is 442 g/mol. The molecule has 0 unspecified atom stereocenters. The minimum atomic E-state index is -0.362. The highest BCUT2D eigenvalue weighted by Gasteiger charge is 2.59. The summed E-state index contributed by atoms with van der Waals surface area (Å²) in [5, 5.41) is 0. The maximum Gasteiger partial charge on any atom is 0.312 e. The topological polar surface area (TPSA) is 55.7 Å². The molecule has 0 radical (unpaired) electrons. The molecule has 4 fully saturated rings. The Bertz CT molecular complexity index is 714. The summed E-state index contributed by atoms with van der Waals surface area (Å²) in [5.74, 6) is 2.76. The summed E-state index contributed by atoms with van der Waals surface area (Å²) < 4.78 is 8.74. The largest absolute Gasteiger partial charge is 0.427 e. The lowest BCUT2D eigenvalue weighted by molar-refractivity contribution is -0.142. The lowest BCUT2D eigenvalue weighted by Gasteiger charge is -2.59. The van der Waals surface area contributed by atoms with Crippen LogP contribution in [0, 0.1) is 28.6 Å². The monoisotopic (exact) mass is 487 g/mol. The van der Waals surface area contributed by atoms with E-state index in [1.54, 1.807) is 0 Å². The van der Waals surface area contributed by atoms with E-state index >= 15 is 0 Å². The molecule has 0 atom stereocenters. The number of carbonyl (C=O) groups is 1. The average Bonchev–Trinajstić information content (AvgIpc) is 2.81. The van der Waals surface area contributed by atoms with E-state index in [2.05, 4.69) is 17.6 Å². The molecule has 0 aliphatic heterocycles. The van der Waals surface area contributed by atoms with Crippen molar-refractivity contribution in [2.75, 3.05) is 0 Å². The van der Waals surface area contributed by atoms with Crippen molar-refractivity contribution in [3.63, 3.8) is 0 Å². The lowest BCUT2D eigenvalue weighted by atomic mass is 9.51. The number of nitrogens with zero attached hydrogens (tertiary/aromatic N) is 1. The van der Waals surface area contributed by atoms with Crippen molar-refractivity contribution >= 4 is 17.9 Å². The molecule has 0 N–H and O–H groups in total. The molecule has 4 saturated carbocycles. The number of esters is 1. The van der Waals surface area contributed by atoms with E-state index in [1.807, 2.05) is 31.2 Å². The number of ether oxygens (including phenoxy) is 1.